The molecule has 0 spiro atoms. The minimum absolute atomic E-state index is 0.185. The van der Waals surface area contributed by atoms with Crippen molar-refractivity contribution in [2.45, 2.75) is 6.92 Å². The van der Waals surface area contributed by atoms with Gasteiger partial charge in [0, 0.05) is 47.2 Å². The normalized spacial score (nSPS) is 11.7. The summed E-state index contributed by atoms with van der Waals surface area (Å²) in [6, 6.07) is 9.32. The average Bonchev–Trinajstić information content (AvgIpc) is 3.11. The van der Waals surface area contributed by atoms with Gasteiger partial charge >= 0.3 is 0 Å². The zero-order valence-electron chi connectivity index (χ0n) is 16.5. The summed E-state index contributed by atoms with van der Waals surface area (Å²) in [5, 5.41) is 7.93. The zero-order chi connectivity index (χ0) is 21.6. The molecule has 2 aromatic heterocycles. The quantitative estimate of drug-likeness (QED) is 0.523. The first-order chi connectivity index (χ1) is 14.1. The zero-order valence-corrected chi connectivity index (χ0v) is 17.3. The summed E-state index contributed by atoms with van der Waals surface area (Å²) in [7, 11) is -1.93. The highest BCUT2D eigenvalue weighted by molar-refractivity contribution is 7.92. The van der Waals surface area contributed by atoms with Crippen LogP contribution in [0, 0.1) is 12.7 Å². The standard InChI is InChI=1S/C21H19FN4O3S/c1-12-18(10-23-24-12)13-4-6-15-16(8-13)19(11-26(2)21(15)27)17-9-14(5-7-20(17)22)25-30(3,28)29/h4-11,25H,1-3H3,(H,23,24). The average molecular weight is 426 g/mol. The van der Waals surface area contributed by atoms with Gasteiger partial charge < -0.3 is 4.57 Å². The molecule has 0 saturated carbocycles. The number of benzene rings is 2. The van der Waals surface area contributed by atoms with Crippen LogP contribution >= 0.6 is 0 Å². The molecule has 9 heteroatoms. The van der Waals surface area contributed by atoms with E-state index in [1.807, 2.05) is 19.1 Å². The number of nitrogens with one attached hydrogen (secondary N) is 2. The van der Waals surface area contributed by atoms with E-state index in [-0.39, 0.29) is 16.8 Å². The number of aryl methyl sites for hydroxylation is 2. The maximum atomic E-state index is 14.8. The Balaban J connectivity index is 2.01. The summed E-state index contributed by atoms with van der Waals surface area (Å²) in [4.78, 5) is 12.7. The molecule has 2 heterocycles. The fourth-order valence-electron chi connectivity index (χ4n) is 3.51. The van der Waals surface area contributed by atoms with Crippen LogP contribution in [0.5, 0.6) is 0 Å². The number of pyridine rings is 1. The third-order valence-electron chi connectivity index (χ3n) is 4.88. The van der Waals surface area contributed by atoms with Crippen molar-refractivity contribution in [1.29, 1.82) is 0 Å². The van der Waals surface area contributed by atoms with Crippen molar-refractivity contribution in [3.8, 4) is 22.3 Å². The molecule has 0 saturated heterocycles. The molecule has 4 aromatic rings. The summed E-state index contributed by atoms with van der Waals surface area (Å²) in [5.41, 5.74) is 3.18. The van der Waals surface area contributed by atoms with Gasteiger partial charge in [-0.15, -0.1) is 0 Å². The monoisotopic (exact) mass is 426 g/mol. The van der Waals surface area contributed by atoms with Gasteiger partial charge in [-0.3, -0.25) is 14.6 Å². The number of sulfonamides is 1. The molecule has 0 aliphatic heterocycles. The Kier molecular flexibility index (Phi) is 4.70. The molecule has 0 unspecified atom stereocenters. The van der Waals surface area contributed by atoms with Gasteiger partial charge in [-0.25, -0.2) is 12.8 Å². The van der Waals surface area contributed by atoms with Crippen LogP contribution in [0.3, 0.4) is 0 Å². The molecular weight excluding hydrogens is 407 g/mol. The Morgan fingerprint density at radius 2 is 1.83 bits per heavy atom. The molecule has 2 aromatic carbocycles. The van der Waals surface area contributed by atoms with E-state index in [2.05, 4.69) is 14.9 Å². The number of aromatic nitrogens is 3. The van der Waals surface area contributed by atoms with Gasteiger partial charge in [0.25, 0.3) is 5.56 Å². The Morgan fingerprint density at radius 1 is 1.07 bits per heavy atom. The molecule has 0 radical (unpaired) electrons. The van der Waals surface area contributed by atoms with Crippen molar-refractivity contribution in [3.05, 3.63) is 70.7 Å². The van der Waals surface area contributed by atoms with Crippen LogP contribution in [-0.2, 0) is 17.1 Å². The van der Waals surface area contributed by atoms with Crippen LogP contribution in [-0.4, -0.2) is 29.4 Å². The second-order valence-electron chi connectivity index (χ2n) is 7.17. The smallest absolute Gasteiger partial charge is 0.258 e. The highest BCUT2D eigenvalue weighted by Crippen LogP contribution is 2.34. The molecule has 4 rings (SSSR count). The fraction of sp³-hybridized carbons (Fsp3) is 0.143. The maximum absolute atomic E-state index is 14.8. The maximum Gasteiger partial charge on any atom is 0.258 e. The summed E-state index contributed by atoms with van der Waals surface area (Å²) < 4.78 is 41.7. The number of hydrogen-bond acceptors (Lipinski definition) is 4. The Bertz CT molecular complexity index is 1460. The van der Waals surface area contributed by atoms with E-state index in [1.165, 1.54) is 22.8 Å². The lowest BCUT2D eigenvalue weighted by atomic mass is 9.96. The number of anilines is 1. The first-order valence-electron chi connectivity index (χ1n) is 9.06. The van der Waals surface area contributed by atoms with E-state index >= 15 is 0 Å². The lowest BCUT2D eigenvalue weighted by Gasteiger charge is -2.13. The molecule has 30 heavy (non-hydrogen) atoms. The minimum atomic E-state index is -3.53. The molecule has 0 aliphatic rings. The molecule has 0 bridgehead atoms. The first-order valence-corrected chi connectivity index (χ1v) is 10.9. The van der Waals surface area contributed by atoms with Crippen LogP contribution in [0.1, 0.15) is 5.69 Å². The van der Waals surface area contributed by atoms with Gasteiger partial charge in [0.05, 0.1) is 11.9 Å². The van der Waals surface area contributed by atoms with Crippen molar-refractivity contribution in [2.75, 3.05) is 11.0 Å². The number of aromatic amines is 1. The van der Waals surface area contributed by atoms with Crippen LogP contribution in [0.4, 0.5) is 10.1 Å². The predicted molar refractivity (Wildman–Crippen MR) is 115 cm³/mol. The van der Waals surface area contributed by atoms with Crippen molar-refractivity contribution in [1.82, 2.24) is 14.8 Å². The third kappa shape index (κ3) is 3.59. The van der Waals surface area contributed by atoms with Crippen molar-refractivity contribution in [2.24, 2.45) is 7.05 Å². The Morgan fingerprint density at radius 3 is 2.50 bits per heavy atom. The van der Waals surface area contributed by atoms with Crippen molar-refractivity contribution >= 4 is 26.5 Å². The number of hydrogen-bond donors (Lipinski definition) is 2. The number of nitrogens with zero attached hydrogens (tertiary/aromatic N) is 2. The van der Waals surface area contributed by atoms with Crippen LogP contribution in [0.15, 0.2) is 53.6 Å². The molecule has 2 N–H and O–H groups in total. The number of H-pyrrole nitrogens is 1. The SMILES string of the molecule is Cc1n[nH]cc1-c1ccc2c(=O)n(C)cc(-c3cc(NS(C)(=O)=O)ccc3F)c2c1. The van der Waals surface area contributed by atoms with E-state index in [9.17, 15) is 17.6 Å². The molecule has 0 amide bonds. The molecular formula is C21H19FN4O3S. The largest absolute Gasteiger partial charge is 0.317 e. The van der Waals surface area contributed by atoms with E-state index < -0.39 is 15.8 Å². The van der Waals surface area contributed by atoms with Gasteiger partial charge in [-0.05, 0) is 48.2 Å². The van der Waals surface area contributed by atoms with Crippen LogP contribution in [0.25, 0.3) is 33.0 Å². The van der Waals surface area contributed by atoms with Gasteiger partial charge in [0.15, 0.2) is 0 Å². The summed E-state index contributed by atoms with van der Waals surface area (Å²) >= 11 is 0. The number of rotatable bonds is 4. The van der Waals surface area contributed by atoms with E-state index in [0.717, 1.165) is 23.1 Å². The van der Waals surface area contributed by atoms with E-state index in [1.54, 1.807) is 25.5 Å². The number of halogens is 1. The van der Waals surface area contributed by atoms with Crippen molar-refractivity contribution in [3.63, 3.8) is 0 Å². The summed E-state index contributed by atoms with van der Waals surface area (Å²) in [6.45, 7) is 1.86. The molecule has 0 fully saturated rings. The van der Waals surface area contributed by atoms with Gasteiger partial charge in [0.2, 0.25) is 10.0 Å². The topological polar surface area (TPSA) is 96.8 Å². The number of fused-ring (bicyclic) bond motifs is 1. The van der Waals surface area contributed by atoms with Crippen LogP contribution in [0.2, 0.25) is 0 Å². The molecule has 154 valence electrons. The lowest BCUT2D eigenvalue weighted by molar-refractivity contribution is 0.606. The predicted octanol–water partition coefficient (Wildman–Crippen LogP) is 3.41. The third-order valence-corrected chi connectivity index (χ3v) is 5.49. The van der Waals surface area contributed by atoms with E-state index in [4.69, 9.17) is 0 Å². The highest BCUT2D eigenvalue weighted by atomic mass is 32.2. The van der Waals surface area contributed by atoms with Gasteiger partial charge in [0.1, 0.15) is 5.82 Å². The van der Waals surface area contributed by atoms with Gasteiger partial charge in [-0.1, -0.05) is 6.07 Å². The van der Waals surface area contributed by atoms with Gasteiger partial charge in [-0.2, -0.15) is 5.10 Å². The van der Waals surface area contributed by atoms with E-state index in [0.29, 0.717) is 16.3 Å². The second-order valence-corrected chi connectivity index (χ2v) is 8.92. The van der Waals surface area contributed by atoms with Crippen LogP contribution < -0.4 is 10.3 Å². The minimum Gasteiger partial charge on any atom is -0.317 e. The second kappa shape index (κ2) is 7.10. The molecule has 0 aliphatic carbocycles. The Hall–Kier alpha value is -3.46. The molecule has 7 nitrogen and oxygen atoms in total. The Labute approximate surface area is 172 Å². The highest BCUT2D eigenvalue weighted by Gasteiger charge is 2.16. The summed E-state index contributed by atoms with van der Waals surface area (Å²) in [6.07, 6.45) is 4.34. The lowest BCUT2D eigenvalue weighted by Crippen LogP contribution is -2.16. The summed E-state index contributed by atoms with van der Waals surface area (Å²) in [5.74, 6) is -0.529. The fourth-order valence-corrected chi connectivity index (χ4v) is 4.06. The first kappa shape index (κ1) is 19.8. The van der Waals surface area contributed by atoms with Crippen molar-refractivity contribution < 1.29 is 12.8 Å². The molecule has 0 atom stereocenters.